The molecule has 0 atom stereocenters. The number of rotatable bonds is 3. The molecule has 0 aliphatic carbocycles. The molecule has 1 aromatic heterocycles. The molecular formula is C8H14N4OS. The third-order valence-corrected chi connectivity index (χ3v) is 2.38. The fraction of sp³-hybridized carbons (Fsp3) is 0.500. The average Bonchev–Trinajstić information content (AvgIpc) is 2.45. The molecule has 0 fully saturated rings. The van der Waals surface area contributed by atoms with Crippen molar-refractivity contribution in [1.29, 1.82) is 0 Å². The summed E-state index contributed by atoms with van der Waals surface area (Å²) < 4.78 is 3.93. The molecule has 78 valence electrons. The van der Waals surface area contributed by atoms with E-state index in [1.807, 2.05) is 13.8 Å². The molecule has 0 saturated carbocycles. The van der Waals surface area contributed by atoms with Crippen LogP contribution in [-0.4, -0.2) is 23.4 Å². The highest BCUT2D eigenvalue weighted by atomic mass is 32.1. The van der Waals surface area contributed by atoms with Gasteiger partial charge in [-0.25, -0.2) is 0 Å². The summed E-state index contributed by atoms with van der Waals surface area (Å²) in [6.07, 6.45) is 0. The number of aromatic nitrogens is 1. The number of carbonyl (C=O) groups excluding carboxylic acids is 1. The zero-order valence-electron chi connectivity index (χ0n) is 8.42. The lowest BCUT2D eigenvalue weighted by molar-refractivity contribution is 0.0965. The van der Waals surface area contributed by atoms with Crippen LogP contribution in [0.25, 0.3) is 0 Å². The van der Waals surface area contributed by atoms with Crippen molar-refractivity contribution >= 4 is 28.3 Å². The van der Waals surface area contributed by atoms with E-state index in [0.717, 1.165) is 5.00 Å². The van der Waals surface area contributed by atoms with Gasteiger partial charge in [-0.05, 0) is 25.4 Å². The van der Waals surface area contributed by atoms with Crippen molar-refractivity contribution < 1.29 is 4.79 Å². The molecule has 0 unspecified atom stereocenters. The quantitative estimate of drug-likeness (QED) is 0.698. The largest absolute Gasteiger partial charge is 0.382 e. The highest BCUT2D eigenvalue weighted by Crippen LogP contribution is 2.26. The van der Waals surface area contributed by atoms with Gasteiger partial charge in [0.2, 0.25) is 0 Å². The maximum absolute atomic E-state index is 11.4. The molecule has 0 saturated heterocycles. The van der Waals surface area contributed by atoms with Gasteiger partial charge in [0, 0.05) is 13.1 Å². The van der Waals surface area contributed by atoms with E-state index >= 15 is 0 Å². The highest BCUT2D eigenvalue weighted by molar-refractivity contribution is 7.11. The number of anilines is 2. The molecule has 0 bridgehead atoms. The van der Waals surface area contributed by atoms with E-state index in [0.29, 0.717) is 5.56 Å². The van der Waals surface area contributed by atoms with Gasteiger partial charge in [0.25, 0.3) is 5.91 Å². The van der Waals surface area contributed by atoms with Gasteiger partial charge in [-0.2, -0.15) is 4.37 Å². The summed E-state index contributed by atoms with van der Waals surface area (Å²) in [4.78, 5) is 11.4. The van der Waals surface area contributed by atoms with E-state index in [4.69, 9.17) is 5.73 Å². The summed E-state index contributed by atoms with van der Waals surface area (Å²) in [5.74, 6) is 0.0666. The molecule has 1 heterocycles. The summed E-state index contributed by atoms with van der Waals surface area (Å²) in [5.41, 5.74) is 6.03. The number of hydrogen-bond donors (Lipinski definition) is 3. The second kappa shape index (κ2) is 4.28. The van der Waals surface area contributed by atoms with Crippen LogP contribution in [0.4, 0.5) is 10.8 Å². The van der Waals surface area contributed by atoms with Crippen LogP contribution in [0.15, 0.2) is 0 Å². The van der Waals surface area contributed by atoms with Crippen LogP contribution >= 0.6 is 11.5 Å². The second-order valence-electron chi connectivity index (χ2n) is 3.15. The fourth-order valence-electron chi connectivity index (χ4n) is 1.01. The Morgan fingerprint density at radius 3 is 2.71 bits per heavy atom. The Hall–Kier alpha value is -1.30. The van der Waals surface area contributed by atoms with Gasteiger partial charge in [0.05, 0.1) is 0 Å². The minimum Gasteiger partial charge on any atom is -0.382 e. The van der Waals surface area contributed by atoms with E-state index in [2.05, 4.69) is 15.0 Å². The van der Waals surface area contributed by atoms with E-state index in [9.17, 15) is 4.79 Å². The molecule has 0 aliphatic rings. The zero-order valence-corrected chi connectivity index (χ0v) is 9.23. The van der Waals surface area contributed by atoms with Crippen molar-refractivity contribution in [1.82, 2.24) is 9.69 Å². The normalized spacial score (nSPS) is 10.3. The van der Waals surface area contributed by atoms with Gasteiger partial charge in [-0.15, -0.1) is 0 Å². The first-order valence-electron chi connectivity index (χ1n) is 4.30. The first-order valence-corrected chi connectivity index (χ1v) is 5.07. The van der Waals surface area contributed by atoms with Crippen molar-refractivity contribution in [3.63, 3.8) is 0 Å². The molecule has 0 aliphatic heterocycles. The monoisotopic (exact) mass is 214 g/mol. The Morgan fingerprint density at radius 1 is 1.57 bits per heavy atom. The molecule has 6 heteroatoms. The molecule has 0 spiro atoms. The van der Waals surface area contributed by atoms with E-state index in [-0.39, 0.29) is 17.8 Å². The molecular weight excluding hydrogens is 200 g/mol. The van der Waals surface area contributed by atoms with Crippen molar-refractivity contribution in [3.8, 4) is 0 Å². The van der Waals surface area contributed by atoms with Crippen LogP contribution in [0.2, 0.25) is 0 Å². The summed E-state index contributed by atoms with van der Waals surface area (Å²) in [6, 6.07) is 0.248. The molecule has 5 nitrogen and oxygen atoms in total. The van der Waals surface area contributed by atoms with Crippen LogP contribution in [0.1, 0.15) is 24.2 Å². The molecule has 1 aromatic rings. The third-order valence-electron chi connectivity index (χ3n) is 1.59. The Kier molecular flexibility index (Phi) is 3.29. The lowest BCUT2D eigenvalue weighted by Crippen LogP contribution is -2.21. The number of hydrogen-bond acceptors (Lipinski definition) is 5. The third kappa shape index (κ3) is 2.14. The van der Waals surface area contributed by atoms with Crippen LogP contribution < -0.4 is 16.4 Å². The number of nitrogens with zero attached hydrogens (tertiary/aromatic N) is 1. The van der Waals surface area contributed by atoms with Gasteiger partial charge in [-0.3, -0.25) is 4.79 Å². The Balaban J connectivity index is 3.00. The Labute approximate surface area is 86.9 Å². The Bertz CT molecular complexity index is 334. The predicted octanol–water partition coefficient (Wildman–Crippen LogP) is 0.905. The van der Waals surface area contributed by atoms with E-state index < -0.39 is 0 Å². The number of nitrogens with one attached hydrogen (secondary N) is 2. The van der Waals surface area contributed by atoms with Crippen LogP contribution in [0.3, 0.4) is 0 Å². The van der Waals surface area contributed by atoms with Gasteiger partial charge in [-0.1, -0.05) is 0 Å². The van der Waals surface area contributed by atoms with Crippen LogP contribution in [0, 0.1) is 0 Å². The Morgan fingerprint density at radius 2 is 2.21 bits per heavy atom. The van der Waals surface area contributed by atoms with Crippen molar-refractivity contribution in [3.05, 3.63) is 5.56 Å². The smallest absolute Gasteiger partial charge is 0.257 e. The molecule has 1 rings (SSSR count). The maximum atomic E-state index is 11.4. The predicted molar refractivity (Wildman–Crippen MR) is 58.7 cm³/mol. The lowest BCUT2D eigenvalue weighted by atomic mass is 10.3. The van der Waals surface area contributed by atoms with Gasteiger partial charge >= 0.3 is 0 Å². The standard InChI is InChI=1S/C8H14N4OS/c1-4(2)11-8-5(7(13)10-3)6(9)12-14-8/h4,11H,1-3H3,(H2,9,12)(H,10,13). The minimum atomic E-state index is -0.209. The summed E-state index contributed by atoms with van der Waals surface area (Å²) in [7, 11) is 1.57. The summed E-state index contributed by atoms with van der Waals surface area (Å²) in [5, 5.41) is 6.37. The van der Waals surface area contributed by atoms with Crippen molar-refractivity contribution in [2.45, 2.75) is 19.9 Å². The first kappa shape index (κ1) is 10.8. The summed E-state index contributed by atoms with van der Waals surface area (Å²) in [6.45, 7) is 3.98. The minimum absolute atomic E-state index is 0.209. The topological polar surface area (TPSA) is 80.0 Å². The fourth-order valence-corrected chi connectivity index (χ4v) is 1.87. The first-order chi connectivity index (χ1) is 6.56. The SMILES string of the molecule is CNC(=O)c1c(N)nsc1NC(C)C. The number of nitrogens with two attached hydrogens (primary N) is 1. The number of amides is 1. The van der Waals surface area contributed by atoms with Gasteiger partial charge in [0.15, 0.2) is 5.82 Å². The number of carbonyl (C=O) groups is 1. The molecule has 0 aromatic carbocycles. The lowest BCUT2D eigenvalue weighted by Gasteiger charge is -2.08. The van der Waals surface area contributed by atoms with Crippen molar-refractivity contribution in [2.75, 3.05) is 18.1 Å². The second-order valence-corrected chi connectivity index (χ2v) is 3.92. The highest BCUT2D eigenvalue weighted by Gasteiger charge is 2.18. The maximum Gasteiger partial charge on any atom is 0.257 e. The van der Waals surface area contributed by atoms with E-state index in [1.165, 1.54) is 11.5 Å². The van der Waals surface area contributed by atoms with Crippen LogP contribution in [-0.2, 0) is 0 Å². The average molecular weight is 214 g/mol. The zero-order chi connectivity index (χ0) is 10.7. The van der Waals surface area contributed by atoms with Crippen molar-refractivity contribution in [2.24, 2.45) is 0 Å². The molecule has 14 heavy (non-hydrogen) atoms. The summed E-state index contributed by atoms with van der Waals surface area (Å²) >= 11 is 1.20. The van der Waals surface area contributed by atoms with Gasteiger partial charge in [0.1, 0.15) is 10.6 Å². The van der Waals surface area contributed by atoms with Crippen LogP contribution in [0.5, 0.6) is 0 Å². The molecule has 4 N–H and O–H groups in total. The number of nitrogen functional groups attached to an aromatic ring is 1. The molecule has 1 amide bonds. The molecule has 0 radical (unpaired) electrons. The van der Waals surface area contributed by atoms with Gasteiger partial charge < -0.3 is 16.4 Å². The van der Waals surface area contributed by atoms with E-state index in [1.54, 1.807) is 7.05 Å².